The summed E-state index contributed by atoms with van der Waals surface area (Å²) < 4.78 is 1.97. The van der Waals surface area contributed by atoms with Crippen LogP contribution in [0.25, 0.3) is 6.08 Å². The van der Waals surface area contributed by atoms with Crippen molar-refractivity contribution < 1.29 is 5.11 Å². The summed E-state index contributed by atoms with van der Waals surface area (Å²) in [7, 11) is 2.78. The highest BCUT2D eigenvalue weighted by atomic mass is 16.3. The minimum absolute atomic E-state index is 0.0491. The summed E-state index contributed by atoms with van der Waals surface area (Å²) in [5, 5.41) is 9.81. The second kappa shape index (κ2) is 6.11. The van der Waals surface area contributed by atoms with Crippen LogP contribution in [0.5, 0.6) is 5.88 Å². The van der Waals surface area contributed by atoms with Gasteiger partial charge in [-0.1, -0.05) is 0 Å². The fourth-order valence-electron chi connectivity index (χ4n) is 1.62. The van der Waals surface area contributed by atoms with E-state index in [-0.39, 0.29) is 11.4 Å². The standard InChI is InChI=1S/C13H19N3O3/c1-5-16(6-2)9-7-8-10-11(17)14(3)13(19)15(4)12(10)18/h8-9,17H,5-6H2,1-4H3. The number of aromatic hydroxyl groups is 1. The molecular formula is C13H19N3O3. The Labute approximate surface area is 111 Å². The molecule has 0 saturated carbocycles. The third kappa shape index (κ3) is 2.98. The molecule has 0 aliphatic heterocycles. The molecule has 104 valence electrons. The van der Waals surface area contributed by atoms with Gasteiger partial charge in [0.2, 0.25) is 5.88 Å². The number of hydrogen-bond acceptors (Lipinski definition) is 4. The molecule has 1 aromatic heterocycles. The normalized spacial score (nSPS) is 9.89. The molecule has 0 spiro atoms. The van der Waals surface area contributed by atoms with Crippen molar-refractivity contribution >= 4 is 6.08 Å². The minimum Gasteiger partial charge on any atom is -0.494 e. The van der Waals surface area contributed by atoms with Crippen LogP contribution in [0.3, 0.4) is 0 Å². The van der Waals surface area contributed by atoms with Crippen molar-refractivity contribution in [1.82, 2.24) is 14.0 Å². The zero-order valence-corrected chi connectivity index (χ0v) is 11.7. The van der Waals surface area contributed by atoms with Gasteiger partial charge >= 0.3 is 5.69 Å². The summed E-state index contributed by atoms with van der Waals surface area (Å²) >= 11 is 0. The van der Waals surface area contributed by atoms with Crippen molar-refractivity contribution in [3.63, 3.8) is 0 Å². The van der Waals surface area contributed by atoms with Gasteiger partial charge in [0, 0.05) is 33.4 Å². The van der Waals surface area contributed by atoms with Crippen LogP contribution in [-0.2, 0) is 14.1 Å². The van der Waals surface area contributed by atoms with Gasteiger partial charge in [0.1, 0.15) is 5.56 Å². The summed E-state index contributed by atoms with van der Waals surface area (Å²) in [6, 6.07) is 0. The topological polar surface area (TPSA) is 67.5 Å². The van der Waals surface area contributed by atoms with E-state index in [2.05, 4.69) is 5.73 Å². The van der Waals surface area contributed by atoms with E-state index >= 15 is 0 Å². The molecule has 0 bridgehead atoms. The zero-order valence-electron chi connectivity index (χ0n) is 11.7. The fourth-order valence-corrected chi connectivity index (χ4v) is 1.62. The van der Waals surface area contributed by atoms with Crippen LogP contribution in [0, 0.1) is 0 Å². The van der Waals surface area contributed by atoms with Gasteiger partial charge < -0.3 is 10.0 Å². The number of hydrogen-bond donors (Lipinski definition) is 1. The van der Waals surface area contributed by atoms with Gasteiger partial charge in [0.25, 0.3) is 5.56 Å². The van der Waals surface area contributed by atoms with E-state index in [9.17, 15) is 14.7 Å². The lowest BCUT2D eigenvalue weighted by molar-refractivity contribution is 0.410. The summed E-state index contributed by atoms with van der Waals surface area (Å²) in [5.74, 6) is -0.353. The monoisotopic (exact) mass is 265 g/mol. The zero-order chi connectivity index (χ0) is 14.6. The molecule has 0 aliphatic carbocycles. The third-order valence-electron chi connectivity index (χ3n) is 2.96. The number of rotatable bonds is 4. The predicted molar refractivity (Wildman–Crippen MR) is 74.1 cm³/mol. The maximum absolute atomic E-state index is 11.9. The summed E-state index contributed by atoms with van der Waals surface area (Å²) in [4.78, 5) is 25.4. The highest BCUT2D eigenvalue weighted by molar-refractivity contribution is 5.52. The van der Waals surface area contributed by atoms with E-state index in [1.54, 1.807) is 6.20 Å². The van der Waals surface area contributed by atoms with Crippen LogP contribution >= 0.6 is 0 Å². The molecule has 1 heterocycles. The van der Waals surface area contributed by atoms with Gasteiger partial charge in [-0.3, -0.25) is 13.9 Å². The second-order valence-corrected chi connectivity index (χ2v) is 4.10. The van der Waals surface area contributed by atoms with Gasteiger partial charge in [0.15, 0.2) is 0 Å². The lowest BCUT2D eigenvalue weighted by atomic mass is 10.3. The third-order valence-corrected chi connectivity index (χ3v) is 2.96. The lowest BCUT2D eigenvalue weighted by Gasteiger charge is -2.12. The predicted octanol–water partition coefficient (Wildman–Crippen LogP) is 0.257. The molecule has 19 heavy (non-hydrogen) atoms. The first-order valence-corrected chi connectivity index (χ1v) is 6.09. The Morgan fingerprint density at radius 3 is 2.32 bits per heavy atom. The van der Waals surface area contributed by atoms with Gasteiger partial charge in [-0.05, 0) is 19.9 Å². The molecule has 1 rings (SSSR count). The van der Waals surface area contributed by atoms with Crippen molar-refractivity contribution in [2.24, 2.45) is 14.1 Å². The average molecular weight is 265 g/mol. The van der Waals surface area contributed by atoms with E-state index < -0.39 is 11.2 Å². The molecule has 0 amide bonds. The van der Waals surface area contributed by atoms with E-state index in [1.165, 1.54) is 20.2 Å². The summed E-state index contributed by atoms with van der Waals surface area (Å²) in [5.41, 5.74) is 1.79. The van der Waals surface area contributed by atoms with Gasteiger partial charge in [-0.2, -0.15) is 0 Å². The smallest absolute Gasteiger partial charge is 0.333 e. The molecule has 6 heteroatoms. The van der Waals surface area contributed by atoms with Crippen LogP contribution in [-0.4, -0.2) is 32.2 Å². The van der Waals surface area contributed by atoms with E-state index in [0.717, 1.165) is 22.2 Å². The van der Waals surface area contributed by atoms with E-state index in [1.807, 2.05) is 18.7 Å². The van der Waals surface area contributed by atoms with Crippen molar-refractivity contribution in [3.8, 4) is 5.88 Å². The van der Waals surface area contributed by atoms with E-state index in [4.69, 9.17) is 0 Å². The molecule has 1 aromatic rings. The molecule has 0 aliphatic rings. The van der Waals surface area contributed by atoms with Crippen molar-refractivity contribution in [1.29, 1.82) is 0 Å². The first-order valence-electron chi connectivity index (χ1n) is 6.09. The Morgan fingerprint density at radius 2 is 1.79 bits per heavy atom. The maximum Gasteiger partial charge on any atom is 0.333 e. The van der Waals surface area contributed by atoms with Gasteiger partial charge in [-0.15, -0.1) is 5.73 Å². The quantitative estimate of drug-likeness (QED) is 0.793. The Morgan fingerprint density at radius 1 is 1.21 bits per heavy atom. The van der Waals surface area contributed by atoms with Crippen molar-refractivity contribution in [2.75, 3.05) is 13.1 Å². The Bertz CT molecular complexity index is 630. The molecule has 0 unspecified atom stereocenters. The Kier molecular flexibility index (Phi) is 4.78. The van der Waals surface area contributed by atoms with Gasteiger partial charge in [0.05, 0.1) is 0 Å². The van der Waals surface area contributed by atoms with Crippen LogP contribution in [0.1, 0.15) is 19.4 Å². The molecule has 0 saturated heterocycles. The number of nitrogens with zero attached hydrogens (tertiary/aromatic N) is 3. The molecule has 0 aromatic carbocycles. The maximum atomic E-state index is 11.9. The van der Waals surface area contributed by atoms with Gasteiger partial charge in [-0.25, -0.2) is 4.79 Å². The summed E-state index contributed by atoms with van der Waals surface area (Å²) in [6.45, 7) is 5.66. The first-order chi connectivity index (χ1) is 8.93. The van der Waals surface area contributed by atoms with Crippen molar-refractivity contribution in [3.05, 3.63) is 38.3 Å². The first kappa shape index (κ1) is 14.9. The number of aromatic nitrogens is 2. The molecule has 0 fully saturated rings. The Hall–Kier alpha value is -2.20. The lowest BCUT2D eigenvalue weighted by Crippen LogP contribution is -2.37. The van der Waals surface area contributed by atoms with Crippen LogP contribution < -0.4 is 11.2 Å². The second-order valence-electron chi connectivity index (χ2n) is 4.10. The Balaban J connectivity index is 3.34. The van der Waals surface area contributed by atoms with E-state index in [0.29, 0.717) is 0 Å². The van der Waals surface area contributed by atoms with Crippen LogP contribution in [0.4, 0.5) is 0 Å². The molecule has 6 nitrogen and oxygen atoms in total. The van der Waals surface area contributed by atoms with Crippen molar-refractivity contribution in [2.45, 2.75) is 13.8 Å². The summed E-state index contributed by atoms with van der Waals surface area (Å²) in [6.07, 6.45) is 3.10. The SMILES string of the molecule is CCN(C=C=Cc1c(O)n(C)c(=O)n(C)c1=O)CC. The average Bonchev–Trinajstić information content (AvgIpc) is 2.42. The van der Waals surface area contributed by atoms with Crippen LogP contribution in [0.15, 0.2) is 21.5 Å². The highest BCUT2D eigenvalue weighted by Gasteiger charge is 2.11. The molecular weight excluding hydrogens is 246 g/mol. The minimum atomic E-state index is -0.563. The highest BCUT2D eigenvalue weighted by Crippen LogP contribution is 2.09. The van der Waals surface area contributed by atoms with Crippen LogP contribution in [0.2, 0.25) is 0 Å². The largest absolute Gasteiger partial charge is 0.494 e. The molecule has 1 N–H and O–H groups in total. The molecule has 0 atom stereocenters. The fraction of sp³-hybridized carbons (Fsp3) is 0.462. The molecule has 0 radical (unpaired) electrons.